The third kappa shape index (κ3) is 4.53. The molecule has 4 nitrogen and oxygen atoms in total. The van der Waals surface area contributed by atoms with Gasteiger partial charge in [-0.15, -0.1) is 23.7 Å². The first-order valence-electron chi connectivity index (χ1n) is 10.0. The Morgan fingerprint density at radius 1 is 1.11 bits per heavy atom. The van der Waals surface area contributed by atoms with Gasteiger partial charge in [-0.1, -0.05) is 42.5 Å². The van der Waals surface area contributed by atoms with E-state index < -0.39 is 10.0 Å². The number of halogens is 3. The van der Waals surface area contributed by atoms with Crippen molar-refractivity contribution in [2.75, 3.05) is 20.1 Å². The zero-order chi connectivity index (χ0) is 19.2. The van der Waals surface area contributed by atoms with Crippen LogP contribution in [-0.2, 0) is 10.0 Å². The topological polar surface area (TPSA) is 40.6 Å². The van der Waals surface area contributed by atoms with E-state index in [4.69, 9.17) is 23.2 Å². The van der Waals surface area contributed by atoms with Crippen molar-refractivity contribution in [2.45, 2.75) is 67.7 Å². The third-order valence-electron chi connectivity index (χ3n) is 6.99. The van der Waals surface area contributed by atoms with Crippen molar-refractivity contribution < 1.29 is 8.42 Å². The SMILES string of the molecule is CN(C1CCC(N2CCC3CCCCC3C2)C1)S(=O)(=O)c1cc(Cl)c(Cl)s1.Cl. The minimum absolute atomic E-state index is 0. The quantitative estimate of drug-likeness (QED) is 0.560. The Labute approximate surface area is 189 Å². The highest BCUT2D eigenvalue weighted by Gasteiger charge is 2.40. The normalized spacial score (nSPS) is 31.6. The molecule has 0 spiro atoms. The van der Waals surface area contributed by atoms with Gasteiger partial charge >= 0.3 is 0 Å². The molecule has 1 aromatic heterocycles. The lowest BCUT2D eigenvalue weighted by atomic mass is 9.75. The number of piperidine rings is 1. The van der Waals surface area contributed by atoms with Crippen LogP contribution < -0.4 is 0 Å². The number of sulfonamides is 1. The Morgan fingerprint density at radius 2 is 1.82 bits per heavy atom. The Hall–Kier alpha value is 0.440. The van der Waals surface area contributed by atoms with Gasteiger partial charge in [-0.05, 0) is 56.6 Å². The summed E-state index contributed by atoms with van der Waals surface area (Å²) in [5.41, 5.74) is 0. The molecular weight excluding hydrogens is 459 g/mol. The minimum atomic E-state index is -3.53. The summed E-state index contributed by atoms with van der Waals surface area (Å²) in [4.78, 5) is 2.66. The number of hydrogen-bond acceptors (Lipinski definition) is 4. The maximum atomic E-state index is 13.0. The van der Waals surface area contributed by atoms with E-state index in [0.717, 1.165) is 42.4 Å². The summed E-state index contributed by atoms with van der Waals surface area (Å²) < 4.78 is 28.1. The Kier molecular flexibility index (Phi) is 7.67. The number of nitrogens with zero attached hydrogens (tertiary/aromatic N) is 2. The van der Waals surface area contributed by atoms with Crippen LogP contribution in [0.5, 0.6) is 0 Å². The van der Waals surface area contributed by atoms with Gasteiger partial charge in [0.1, 0.15) is 8.55 Å². The van der Waals surface area contributed by atoms with E-state index >= 15 is 0 Å². The van der Waals surface area contributed by atoms with E-state index in [1.165, 1.54) is 51.3 Å². The van der Waals surface area contributed by atoms with Gasteiger partial charge in [0.2, 0.25) is 0 Å². The summed E-state index contributed by atoms with van der Waals surface area (Å²) in [7, 11) is -1.83. The highest BCUT2D eigenvalue weighted by Crippen LogP contribution is 2.40. The van der Waals surface area contributed by atoms with Gasteiger partial charge in [-0.2, -0.15) is 4.31 Å². The van der Waals surface area contributed by atoms with Gasteiger partial charge in [0.15, 0.2) is 0 Å². The van der Waals surface area contributed by atoms with Crippen LogP contribution in [0.25, 0.3) is 0 Å². The summed E-state index contributed by atoms with van der Waals surface area (Å²) in [5, 5.41) is 0.313. The molecule has 1 aromatic rings. The second-order valence-corrected chi connectivity index (χ2v) is 12.7. The molecule has 4 rings (SSSR count). The fourth-order valence-corrected chi connectivity index (χ4v) is 8.81. The molecule has 28 heavy (non-hydrogen) atoms. The molecule has 0 amide bonds. The molecule has 0 radical (unpaired) electrons. The Bertz CT molecular complexity index is 767. The fourth-order valence-electron chi connectivity index (χ4n) is 5.35. The molecule has 0 aromatic carbocycles. The van der Waals surface area contributed by atoms with Crippen LogP contribution >= 0.6 is 46.9 Å². The zero-order valence-corrected chi connectivity index (χ0v) is 20.1. The van der Waals surface area contributed by atoms with Crippen molar-refractivity contribution in [3.05, 3.63) is 15.4 Å². The monoisotopic (exact) mass is 486 g/mol. The standard InChI is InChI=1S/C19H28Cl2N2O2S2.ClH/c1-22(27(24,25)18-11-17(20)19(21)26-18)15-6-7-16(10-15)23-9-8-13-4-2-3-5-14(13)12-23;/h11,13-16H,2-10,12H2,1H3;1H. The lowest BCUT2D eigenvalue weighted by Crippen LogP contribution is -2.46. The summed E-state index contributed by atoms with van der Waals surface area (Å²) in [6.07, 6.45) is 9.86. The van der Waals surface area contributed by atoms with E-state index in [0.29, 0.717) is 15.4 Å². The van der Waals surface area contributed by atoms with E-state index in [1.807, 2.05) is 0 Å². The van der Waals surface area contributed by atoms with Crippen LogP contribution in [0.15, 0.2) is 10.3 Å². The second kappa shape index (κ2) is 9.29. The average molecular weight is 488 g/mol. The first kappa shape index (κ1) is 23.1. The summed E-state index contributed by atoms with van der Waals surface area (Å²) in [6, 6.07) is 2.05. The first-order valence-corrected chi connectivity index (χ1v) is 13.0. The molecule has 4 unspecified atom stereocenters. The maximum Gasteiger partial charge on any atom is 0.252 e. The molecule has 3 aliphatic rings. The van der Waals surface area contributed by atoms with Gasteiger partial charge in [0, 0.05) is 25.7 Å². The largest absolute Gasteiger partial charge is 0.300 e. The van der Waals surface area contributed by atoms with E-state index in [1.54, 1.807) is 11.4 Å². The molecule has 1 aliphatic heterocycles. The van der Waals surface area contributed by atoms with Gasteiger partial charge in [0.05, 0.1) is 5.02 Å². The molecule has 0 N–H and O–H groups in total. The number of rotatable bonds is 4. The lowest BCUT2D eigenvalue weighted by Gasteiger charge is -2.43. The van der Waals surface area contributed by atoms with Crippen molar-refractivity contribution in [3.8, 4) is 0 Å². The predicted molar refractivity (Wildman–Crippen MR) is 120 cm³/mol. The van der Waals surface area contributed by atoms with E-state index in [9.17, 15) is 8.42 Å². The van der Waals surface area contributed by atoms with Gasteiger partial charge < -0.3 is 4.90 Å². The van der Waals surface area contributed by atoms with Crippen molar-refractivity contribution in [2.24, 2.45) is 11.8 Å². The molecule has 160 valence electrons. The van der Waals surface area contributed by atoms with Crippen molar-refractivity contribution in [1.82, 2.24) is 9.21 Å². The Balaban J connectivity index is 0.00000225. The van der Waals surface area contributed by atoms with Gasteiger partial charge in [-0.25, -0.2) is 8.42 Å². The van der Waals surface area contributed by atoms with Crippen molar-refractivity contribution >= 4 is 57.0 Å². The predicted octanol–water partition coefficient (Wildman–Crippen LogP) is 5.53. The molecule has 0 bridgehead atoms. The van der Waals surface area contributed by atoms with Crippen LogP contribution in [0.3, 0.4) is 0 Å². The number of likely N-dealkylation sites (tertiary alicyclic amines) is 1. The highest BCUT2D eigenvalue weighted by atomic mass is 35.5. The van der Waals surface area contributed by atoms with Gasteiger partial charge in [-0.3, -0.25) is 0 Å². The molecule has 2 heterocycles. The molecule has 2 aliphatic carbocycles. The molecule has 4 atom stereocenters. The van der Waals surface area contributed by atoms with Crippen LogP contribution in [0.2, 0.25) is 9.36 Å². The maximum absolute atomic E-state index is 13.0. The third-order valence-corrected chi connectivity index (χ3v) is 11.2. The summed E-state index contributed by atoms with van der Waals surface area (Å²) in [6.45, 7) is 2.40. The van der Waals surface area contributed by atoms with Crippen molar-refractivity contribution in [3.63, 3.8) is 0 Å². The highest BCUT2D eigenvalue weighted by molar-refractivity contribution is 7.91. The molecular formula is C19H29Cl3N2O2S2. The van der Waals surface area contributed by atoms with Crippen LogP contribution in [0, 0.1) is 11.8 Å². The van der Waals surface area contributed by atoms with Crippen molar-refractivity contribution in [1.29, 1.82) is 0 Å². The number of hydrogen-bond donors (Lipinski definition) is 0. The first-order chi connectivity index (χ1) is 12.9. The molecule has 3 fully saturated rings. The molecule has 2 saturated carbocycles. The van der Waals surface area contributed by atoms with Crippen LogP contribution in [0.4, 0.5) is 0 Å². The lowest BCUT2D eigenvalue weighted by molar-refractivity contribution is 0.0571. The average Bonchev–Trinajstić information content (AvgIpc) is 3.28. The minimum Gasteiger partial charge on any atom is -0.300 e. The number of fused-ring (bicyclic) bond motifs is 1. The smallest absolute Gasteiger partial charge is 0.252 e. The Morgan fingerprint density at radius 3 is 2.50 bits per heavy atom. The van der Waals surface area contributed by atoms with Gasteiger partial charge in [0.25, 0.3) is 10.0 Å². The summed E-state index contributed by atoms with van der Waals surface area (Å²) in [5.74, 6) is 1.80. The number of thiophene rings is 1. The molecule has 9 heteroatoms. The zero-order valence-electron chi connectivity index (χ0n) is 16.1. The van der Waals surface area contributed by atoms with E-state index in [-0.39, 0.29) is 22.7 Å². The summed E-state index contributed by atoms with van der Waals surface area (Å²) >= 11 is 13.0. The fraction of sp³-hybridized carbons (Fsp3) is 0.789. The van der Waals surface area contributed by atoms with Crippen LogP contribution in [0.1, 0.15) is 51.4 Å². The van der Waals surface area contributed by atoms with Crippen LogP contribution in [-0.4, -0.2) is 49.8 Å². The van der Waals surface area contributed by atoms with E-state index in [2.05, 4.69) is 4.90 Å². The second-order valence-electron chi connectivity index (χ2n) is 8.42. The molecule has 1 saturated heterocycles.